The molecule has 4 nitrogen and oxygen atoms in total. The first-order chi connectivity index (χ1) is 10.2. The standard InChI is InChI=1S/C17H16O4/c18-17(19)12-5-7-14(8-6-12)21-11-13-9-10-20-16-4-2-1-3-15(13)16/h1-8,13H,9-11H2,(H,18,19). The summed E-state index contributed by atoms with van der Waals surface area (Å²) in [5.74, 6) is 0.983. The summed E-state index contributed by atoms with van der Waals surface area (Å²) in [6, 6.07) is 14.5. The van der Waals surface area contributed by atoms with Gasteiger partial charge >= 0.3 is 5.97 Å². The highest BCUT2D eigenvalue weighted by Gasteiger charge is 2.21. The van der Waals surface area contributed by atoms with Crippen LogP contribution in [0.1, 0.15) is 28.3 Å². The number of hydrogen-bond donors (Lipinski definition) is 1. The Balaban J connectivity index is 1.67. The highest BCUT2D eigenvalue weighted by Crippen LogP contribution is 2.33. The van der Waals surface area contributed by atoms with E-state index in [0.717, 1.165) is 12.2 Å². The summed E-state index contributed by atoms with van der Waals surface area (Å²) in [6.07, 6.45) is 0.921. The summed E-state index contributed by atoms with van der Waals surface area (Å²) in [5.41, 5.74) is 1.43. The molecule has 0 bridgehead atoms. The van der Waals surface area contributed by atoms with Crippen molar-refractivity contribution in [2.24, 2.45) is 0 Å². The Kier molecular flexibility index (Phi) is 3.77. The van der Waals surface area contributed by atoms with Gasteiger partial charge in [0.1, 0.15) is 11.5 Å². The minimum absolute atomic E-state index is 0.263. The van der Waals surface area contributed by atoms with Crippen LogP contribution in [0, 0.1) is 0 Å². The molecular weight excluding hydrogens is 268 g/mol. The third kappa shape index (κ3) is 2.99. The molecule has 1 N–H and O–H groups in total. The Morgan fingerprint density at radius 2 is 1.95 bits per heavy atom. The first-order valence-corrected chi connectivity index (χ1v) is 6.92. The molecule has 2 aromatic carbocycles. The first kappa shape index (κ1) is 13.5. The van der Waals surface area contributed by atoms with Gasteiger partial charge in [-0.1, -0.05) is 18.2 Å². The van der Waals surface area contributed by atoms with E-state index in [1.165, 1.54) is 5.56 Å². The largest absolute Gasteiger partial charge is 0.493 e. The number of benzene rings is 2. The zero-order chi connectivity index (χ0) is 14.7. The average molecular weight is 284 g/mol. The molecule has 0 saturated heterocycles. The third-order valence-electron chi connectivity index (χ3n) is 3.64. The van der Waals surface area contributed by atoms with E-state index in [2.05, 4.69) is 6.07 Å². The second-order valence-corrected chi connectivity index (χ2v) is 5.01. The first-order valence-electron chi connectivity index (χ1n) is 6.92. The van der Waals surface area contributed by atoms with E-state index in [9.17, 15) is 4.79 Å². The Morgan fingerprint density at radius 3 is 2.71 bits per heavy atom. The quantitative estimate of drug-likeness (QED) is 0.935. The summed E-state index contributed by atoms with van der Waals surface area (Å²) in [4.78, 5) is 10.8. The predicted octanol–water partition coefficient (Wildman–Crippen LogP) is 3.33. The average Bonchev–Trinajstić information content (AvgIpc) is 2.53. The molecule has 0 aromatic heterocycles. The highest BCUT2D eigenvalue weighted by molar-refractivity contribution is 5.87. The number of ether oxygens (including phenoxy) is 2. The fraction of sp³-hybridized carbons (Fsp3) is 0.235. The number of carbonyl (C=O) groups is 1. The van der Waals surface area contributed by atoms with Gasteiger partial charge in [-0.05, 0) is 36.8 Å². The molecule has 1 atom stereocenters. The van der Waals surface area contributed by atoms with Crippen LogP contribution in [0.3, 0.4) is 0 Å². The molecule has 1 unspecified atom stereocenters. The van der Waals surface area contributed by atoms with Crippen molar-refractivity contribution in [3.8, 4) is 11.5 Å². The smallest absolute Gasteiger partial charge is 0.335 e. The summed E-state index contributed by atoms with van der Waals surface area (Å²) in [7, 11) is 0. The molecule has 0 radical (unpaired) electrons. The summed E-state index contributed by atoms with van der Waals surface area (Å²) < 4.78 is 11.4. The fourth-order valence-electron chi connectivity index (χ4n) is 2.48. The zero-order valence-electron chi connectivity index (χ0n) is 11.5. The van der Waals surface area contributed by atoms with Crippen LogP contribution in [0.4, 0.5) is 0 Å². The number of aromatic carboxylic acids is 1. The molecule has 0 spiro atoms. The van der Waals surface area contributed by atoms with E-state index < -0.39 is 5.97 Å². The number of carboxylic acids is 1. The second kappa shape index (κ2) is 5.87. The topological polar surface area (TPSA) is 55.8 Å². The Morgan fingerprint density at radius 1 is 1.19 bits per heavy atom. The van der Waals surface area contributed by atoms with E-state index in [4.69, 9.17) is 14.6 Å². The van der Waals surface area contributed by atoms with Gasteiger partial charge in [-0.2, -0.15) is 0 Å². The van der Waals surface area contributed by atoms with Gasteiger partial charge in [-0.3, -0.25) is 0 Å². The maximum Gasteiger partial charge on any atom is 0.335 e. The maximum absolute atomic E-state index is 10.8. The molecule has 0 aliphatic carbocycles. The van der Waals surface area contributed by atoms with Crippen molar-refractivity contribution < 1.29 is 19.4 Å². The normalized spacial score (nSPS) is 16.7. The van der Waals surface area contributed by atoms with Gasteiger partial charge in [0.05, 0.1) is 18.8 Å². The molecule has 4 heteroatoms. The Labute approximate surface area is 122 Å². The van der Waals surface area contributed by atoms with Crippen LogP contribution in [0.5, 0.6) is 11.5 Å². The number of hydrogen-bond acceptors (Lipinski definition) is 3. The minimum atomic E-state index is -0.931. The molecule has 0 saturated carbocycles. The third-order valence-corrected chi connectivity index (χ3v) is 3.64. The van der Waals surface area contributed by atoms with E-state index >= 15 is 0 Å². The lowest BCUT2D eigenvalue weighted by Gasteiger charge is -2.25. The van der Waals surface area contributed by atoms with Crippen LogP contribution in [-0.2, 0) is 0 Å². The summed E-state index contributed by atoms with van der Waals surface area (Å²) >= 11 is 0. The van der Waals surface area contributed by atoms with Crippen molar-refractivity contribution in [2.45, 2.75) is 12.3 Å². The van der Waals surface area contributed by atoms with E-state index in [1.54, 1.807) is 24.3 Å². The molecule has 108 valence electrons. The molecule has 1 heterocycles. The molecule has 0 fully saturated rings. The van der Waals surface area contributed by atoms with Crippen LogP contribution >= 0.6 is 0 Å². The lowest BCUT2D eigenvalue weighted by Crippen LogP contribution is -2.19. The lowest BCUT2D eigenvalue weighted by atomic mass is 9.94. The maximum atomic E-state index is 10.8. The second-order valence-electron chi connectivity index (χ2n) is 5.01. The van der Waals surface area contributed by atoms with Crippen molar-refractivity contribution >= 4 is 5.97 Å². The number of rotatable bonds is 4. The van der Waals surface area contributed by atoms with E-state index in [0.29, 0.717) is 24.9 Å². The fourth-order valence-corrected chi connectivity index (χ4v) is 2.48. The summed E-state index contributed by atoms with van der Waals surface area (Å²) in [5, 5.41) is 8.86. The zero-order valence-corrected chi connectivity index (χ0v) is 11.5. The van der Waals surface area contributed by atoms with Gasteiger partial charge in [0.25, 0.3) is 0 Å². The molecule has 21 heavy (non-hydrogen) atoms. The van der Waals surface area contributed by atoms with Crippen LogP contribution in [-0.4, -0.2) is 24.3 Å². The summed E-state index contributed by atoms with van der Waals surface area (Å²) in [6.45, 7) is 1.26. The van der Waals surface area contributed by atoms with Crippen molar-refractivity contribution in [1.82, 2.24) is 0 Å². The van der Waals surface area contributed by atoms with Gasteiger partial charge in [0, 0.05) is 11.5 Å². The van der Waals surface area contributed by atoms with Gasteiger partial charge in [0.15, 0.2) is 0 Å². The van der Waals surface area contributed by atoms with Gasteiger partial charge < -0.3 is 14.6 Å². The van der Waals surface area contributed by atoms with Crippen molar-refractivity contribution in [3.05, 3.63) is 59.7 Å². The van der Waals surface area contributed by atoms with Crippen LogP contribution in [0.15, 0.2) is 48.5 Å². The number of para-hydroxylation sites is 1. The van der Waals surface area contributed by atoms with Crippen LogP contribution in [0.25, 0.3) is 0 Å². The van der Waals surface area contributed by atoms with Crippen molar-refractivity contribution in [3.63, 3.8) is 0 Å². The SMILES string of the molecule is O=C(O)c1ccc(OCC2CCOc3ccccc32)cc1. The van der Waals surface area contributed by atoms with Crippen molar-refractivity contribution in [2.75, 3.05) is 13.2 Å². The minimum Gasteiger partial charge on any atom is -0.493 e. The Bertz CT molecular complexity index is 633. The van der Waals surface area contributed by atoms with E-state index in [1.807, 2.05) is 18.2 Å². The molecule has 0 amide bonds. The monoisotopic (exact) mass is 284 g/mol. The number of fused-ring (bicyclic) bond motifs is 1. The molecule has 3 rings (SSSR count). The molecule has 2 aromatic rings. The number of carboxylic acid groups (broad SMARTS) is 1. The highest BCUT2D eigenvalue weighted by atomic mass is 16.5. The van der Waals surface area contributed by atoms with Gasteiger partial charge in [-0.15, -0.1) is 0 Å². The molecular formula is C17H16O4. The van der Waals surface area contributed by atoms with Gasteiger partial charge in [-0.25, -0.2) is 4.79 Å². The molecule has 1 aliphatic rings. The van der Waals surface area contributed by atoms with E-state index in [-0.39, 0.29) is 5.56 Å². The predicted molar refractivity (Wildman–Crippen MR) is 78.2 cm³/mol. The molecule has 1 aliphatic heterocycles. The lowest BCUT2D eigenvalue weighted by molar-refractivity contribution is 0.0697. The van der Waals surface area contributed by atoms with Crippen LogP contribution < -0.4 is 9.47 Å². The van der Waals surface area contributed by atoms with Gasteiger partial charge in [0.2, 0.25) is 0 Å². The Hall–Kier alpha value is -2.49. The van der Waals surface area contributed by atoms with Crippen molar-refractivity contribution in [1.29, 1.82) is 0 Å². The van der Waals surface area contributed by atoms with Crippen LogP contribution in [0.2, 0.25) is 0 Å².